The molecule has 0 N–H and O–H groups in total. The average molecular weight is 250 g/mol. The summed E-state index contributed by atoms with van der Waals surface area (Å²) in [5.74, 6) is 0.533. The summed E-state index contributed by atoms with van der Waals surface area (Å²) in [7, 11) is 1.62. The van der Waals surface area contributed by atoms with Crippen molar-refractivity contribution in [1.82, 2.24) is 0 Å². The zero-order valence-corrected chi connectivity index (χ0v) is 10.7. The lowest BCUT2D eigenvalue weighted by Crippen LogP contribution is -2.13. The standard InChI is InChI=1S/C14H18O4/c1-3-4-9-17-14(15)13-12(18-13)10-5-7-11(16-2)8-6-10/h5-8,12-13H,3-4,9H2,1-2H3. The van der Waals surface area contributed by atoms with E-state index in [1.54, 1.807) is 7.11 Å². The number of esters is 1. The van der Waals surface area contributed by atoms with Crippen LogP contribution in [-0.2, 0) is 14.3 Å². The van der Waals surface area contributed by atoms with Gasteiger partial charge in [0.1, 0.15) is 11.9 Å². The number of hydrogen-bond donors (Lipinski definition) is 0. The summed E-state index contributed by atoms with van der Waals surface area (Å²) >= 11 is 0. The van der Waals surface area contributed by atoms with Crippen molar-refractivity contribution in [3.05, 3.63) is 29.8 Å². The fraction of sp³-hybridized carbons (Fsp3) is 0.500. The second kappa shape index (κ2) is 5.87. The molecule has 1 aliphatic rings. The first-order valence-electron chi connectivity index (χ1n) is 6.22. The predicted molar refractivity (Wildman–Crippen MR) is 66.5 cm³/mol. The van der Waals surface area contributed by atoms with Crippen LogP contribution in [0.15, 0.2) is 24.3 Å². The van der Waals surface area contributed by atoms with Gasteiger partial charge < -0.3 is 14.2 Å². The highest BCUT2D eigenvalue weighted by molar-refractivity contribution is 5.78. The maximum Gasteiger partial charge on any atom is 0.338 e. The largest absolute Gasteiger partial charge is 0.497 e. The van der Waals surface area contributed by atoms with E-state index in [1.807, 2.05) is 24.3 Å². The number of carbonyl (C=O) groups is 1. The summed E-state index contributed by atoms with van der Waals surface area (Å²) in [6.07, 6.45) is 1.31. The molecular formula is C14H18O4. The van der Waals surface area contributed by atoms with Gasteiger partial charge in [-0.3, -0.25) is 0 Å². The quantitative estimate of drug-likeness (QED) is 0.442. The number of hydrogen-bond acceptors (Lipinski definition) is 4. The van der Waals surface area contributed by atoms with Crippen LogP contribution in [0.1, 0.15) is 31.4 Å². The lowest BCUT2D eigenvalue weighted by molar-refractivity contribution is -0.145. The molecule has 0 aromatic heterocycles. The van der Waals surface area contributed by atoms with Gasteiger partial charge in [0.05, 0.1) is 13.7 Å². The molecule has 4 nitrogen and oxygen atoms in total. The molecule has 0 aliphatic carbocycles. The maximum absolute atomic E-state index is 11.6. The topological polar surface area (TPSA) is 48.1 Å². The van der Waals surface area contributed by atoms with Crippen molar-refractivity contribution in [2.45, 2.75) is 32.0 Å². The summed E-state index contributed by atoms with van der Waals surface area (Å²) in [4.78, 5) is 11.6. The van der Waals surface area contributed by atoms with Crippen molar-refractivity contribution in [2.75, 3.05) is 13.7 Å². The molecule has 18 heavy (non-hydrogen) atoms. The van der Waals surface area contributed by atoms with E-state index >= 15 is 0 Å². The Balaban J connectivity index is 1.84. The molecule has 98 valence electrons. The van der Waals surface area contributed by atoms with Gasteiger partial charge >= 0.3 is 5.97 Å². The van der Waals surface area contributed by atoms with Gasteiger partial charge in [-0.25, -0.2) is 4.79 Å². The van der Waals surface area contributed by atoms with E-state index in [2.05, 4.69) is 6.92 Å². The van der Waals surface area contributed by atoms with Gasteiger partial charge in [-0.1, -0.05) is 25.5 Å². The number of epoxide rings is 1. The van der Waals surface area contributed by atoms with Crippen molar-refractivity contribution in [3.8, 4) is 5.75 Å². The molecule has 4 heteroatoms. The molecule has 2 atom stereocenters. The predicted octanol–water partition coefficient (Wildman–Crippen LogP) is 2.48. The SMILES string of the molecule is CCCCOC(=O)C1OC1c1ccc(OC)cc1. The van der Waals surface area contributed by atoms with E-state index in [-0.39, 0.29) is 12.1 Å². The highest BCUT2D eigenvalue weighted by atomic mass is 16.6. The van der Waals surface area contributed by atoms with Gasteiger partial charge in [0, 0.05) is 0 Å². The third-order valence-electron chi connectivity index (χ3n) is 2.91. The van der Waals surface area contributed by atoms with Gasteiger partial charge in [0.15, 0.2) is 6.10 Å². The summed E-state index contributed by atoms with van der Waals surface area (Å²) < 4.78 is 15.5. The van der Waals surface area contributed by atoms with E-state index in [9.17, 15) is 4.79 Å². The minimum Gasteiger partial charge on any atom is -0.497 e. The Bertz CT molecular complexity index is 399. The van der Waals surface area contributed by atoms with E-state index < -0.39 is 6.10 Å². The molecule has 0 spiro atoms. The molecular weight excluding hydrogens is 232 g/mol. The number of rotatable bonds is 6. The highest BCUT2D eigenvalue weighted by Gasteiger charge is 2.47. The zero-order chi connectivity index (χ0) is 13.0. The molecule has 2 unspecified atom stereocenters. The molecule has 1 aliphatic heterocycles. The molecule has 1 aromatic carbocycles. The van der Waals surface area contributed by atoms with Crippen LogP contribution in [0.4, 0.5) is 0 Å². The fourth-order valence-electron chi connectivity index (χ4n) is 1.74. The van der Waals surface area contributed by atoms with Gasteiger partial charge in [0.2, 0.25) is 0 Å². The Morgan fingerprint density at radius 3 is 2.67 bits per heavy atom. The van der Waals surface area contributed by atoms with Gasteiger partial charge in [0.25, 0.3) is 0 Å². The lowest BCUT2D eigenvalue weighted by atomic mass is 10.1. The first-order valence-corrected chi connectivity index (χ1v) is 6.22. The van der Waals surface area contributed by atoms with Crippen LogP contribution in [0.25, 0.3) is 0 Å². The smallest absolute Gasteiger partial charge is 0.338 e. The first-order chi connectivity index (χ1) is 8.76. The summed E-state index contributed by atoms with van der Waals surface area (Å²) in [6.45, 7) is 2.53. The van der Waals surface area contributed by atoms with E-state index in [1.165, 1.54) is 0 Å². The molecule has 0 saturated carbocycles. The van der Waals surface area contributed by atoms with E-state index in [0.29, 0.717) is 6.61 Å². The van der Waals surface area contributed by atoms with E-state index in [4.69, 9.17) is 14.2 Å². The molecule has 2 rings (SSSR count). The number of methoxy groups -OCH3 is 1. The van der Waals surface area contributed by atoms with Crippen molar-refractivity contribution in [3.63, 3.8) is 0 Å². The number of ether oxygens (including phenoxy) is 3. The van der Waals surface area contributed by atoms with Crippen LogP contribution in [0.5, 0.6) is 5.75 Å². The van der Waals surface area contributed by atoms with Gasteiger partial charge in [-0.2, -0.15) is 0 Å². The number of unbranched alkanes of at least 4 members (excludes halogenated alkanes) is 1. The number of benzene rings is 1. The van der Waals surface area contributed by atoms with Crippen LogP contribution in [0.3, 0.4) is 0 Å². The summed E-state index contributed by atoms with van der Waals surface area (Å²) in [5, 5.41) is 0. The van der Waals surface area contributed by atoms with Crippen LogP contribution < -0.4 is 4.74 Å². The van der Waals surface area contributed by atoms with Crippen LogP contribution in [-0.4, -0.2) is 25.8 Å². The molecule has 0 radical (unpaired) electrons. The Morgan fingerprint density at radius 2 is 2.06 bits per heavy atom. The third kappa shape index (κ3) is 3.01. The molecule has 1 aromatic rings. The third-order valence-corrected chi connectivity index (χ3v) is 2.91. The van der Waals surface area contributed by atoms with Crippen molar-refractivity contribution in [2.24, 2.45) is 0 Å². The average Bonchev–Trinajstić information content (AvgIpc) is 3.19. The Labute approximate surface area is 107 Å². The minimum atomic E-state index is -0.435. The first kappa shape index (κ1) is 12.9. The maximum atomic E-state index is 11.6. The molecule has 0 amide bonds. The Kier molecular flexibility index (Phi) is 4.20. The normalized spacial score (nSPS) is 21.4. The van der Waals surface area contributed by atoms with Gasteiger partial charge in [-0.15, -0.1) is 0 Å². The monoisotopic (exact) mass is 250 g/mol. The second-order valence-corrected chi connectivity index (χ2v) is 4.27. The fourth-order valence-corrected chi connectivity index (χ4v) is 1.74. The van der Waals surface area contributed by atoms with Crippen LogP contribution >= 0.6 is 0 Å². The lowest BCUT2D eigenvalue weighted by Gasteiger charge is -2.01. The number of carbonyl (C=O) groups excluding carboxylic acids is 1. The molecule has 1 saturated heterocycles. The minimum absolute atomic E-state index is 0.162. The molecule has 1 fully saturated rings. The van der Waals surface area contributed by atoms with Gasteiger partial charge in [-0.05, 0) is 24.1 Å². The summed E-state index contributed by atoms with van der Waals surface area (Å²) in [5.41, 5.74) is 0.980. The Hall–Kier alpha value is -1.55. The second-order valence-electron chi connectivity index (χ2n) is 4.27. The van der Waals surface area contributed by atoms with Crippen molar-refractivity contribution < 1.29 is 19.0 Å². The van der Waals surface area contributed by atoms with Crippen LogP contribution in [0, 0.1) is 0 Å². The Morgan fingerprint density at radius 1 is 1.33 bits per heavy atom. The molecule has 0 bridgehead atoms. The highest BCUT2D eigenvalue weighted by Crippen LogP contribution is 2.39. The van der Waals surface area contributed by atoms with Crippen molar-refractivity contribution >= 4 is 5.97 Å². The van der Waals surface area contributed by atoms with Crippen LogP contribution in [0.2, 0.25) is 0 Å². The summed E-state index contributed by atoms with van der Waals surface area (Å²) in [6, 6.07) is 7.53. The van der Waals surface area contributed by atoms with E-state index in [0.717, 1.165) is 24.2 Å². The molecule has 1 heterocycles. The zero-order valence-electron chi connectivity index (χ0n) is 10.7. The van der Waals surface area contributed by atoms with Crippen molar-refractivity contribution in [1.29, 1.82) is 0 Å².